The van der Waals surface area contributed by atoms with E-state index in [-0.39, 0.29) is 23.9 Å². The number of anilines is 2. The number of para-hydroxylation sites is 2. The maximum absolute atomic E-state index is 13.8. The Morgan fingerprint density at radius 3 is 2.60 bits per heavy atom. The van der Waals surface area contributed by atoms with Crippen molar-refractivity contribution in [3.63, 3.8) is 0 Å². The molecule has 0 aliphatic carbocycles. The van der Waals surface area contributed by atoms with Crippen LogP contribution in [-0.2, 0) is 6.54 Å². The highest BCUT2D eigenvalue weighted by Crippen LogP contribution is 2.35. The summed E-state index contributed by atoms with van der Waals surface area (Å²) in [6.07, 6.45) is 3.56. The molecule has 9 heteroatoms. The lowest BCUT2D eigenvalue weighted by Crippen LogP contribution is -2.46. The monoisotopic (exact) mass is 579 g/mol. The molecule has 1 N–H and O–H groups in total. The number of ketones is 1. The molecule has 42 heavy (non-hydrogen) atoms. The molecule has 0 saturated carbocycles. The molecule has 212 valence electrons. The molecule has 2 aromatic heterocycles. The van der Waals surface area contributed by atoms with Gasteiger partial charge in [-0.3, -0.25) is 9.59 Å². The molecule has 8 nitrogen and oxygen atoms in total. The molecule has 0 radical (unpaired) electrons. The molecular formula is C33H30ClN5O3. The van der Waals surface area contributed by atoms with Gasteiger partial charge in [0.05, 0.1) is 35.7 Å². The number of hydrogen-bond acceptors (Lipinski definition) is 6. The quantitative estimate of drug-likeness (QED) is 0.227. The van der Waals surface area contributed by atoms with Crippen LogP contribution in [0.3, 0.4) is 0 Å². The van der Waals surface area contributed by atoms with Crippen molar-refractivity contribution < 1.29 is 14.0 Å². The highest BCUT2D eigenvalue weighted by molar-refractivity contribution is 6.31. The van der Waals surface area contributed by atoms with E-state index in [1.165, 1.54) is 5.69 Å². The molecule has 2 aliphatic rings. The fraction of sp³-hybridized carbons (Fsp3) is 0.242. The number of oxazole rings is 1. The highest BCUT2D eigenvalue weighted by Gasteiger charge is 2.32. The zero-order chi connectivity index (χ0) is 28.8. The minimum absolute atomic E-state index is 0.00910. The van der Waals surface area contributed by atoms with Gasteiger partial charge >= 0.3 is 0 Å². The standard InChI is InChI=1S/C33H30ClN5O3/c1-21-31(36-32(42-21)22-7-3-2-4-8-22)30(40)19-38-18-26(25-12-11-23(34)17-29(25)38)33(41)37-15-13-24(14-16-37)39-20-35-27-9-5-6-10-28(27)39/h2-12,17-18,24,35H,13-16,19-20H2,1H3. The third-order valence-corrected chi connectivity index (χ3v) is 8.55. The number of nitrogens with zero attached hydrogens (tertiary/aromatic N) is 4. The number of piperidine rings is 1. The van der Waals surface area contributed by atoms with Gasteiger partial charge in [0.25, 0.3) is 5.91 Å². The van der Waals surface area contributed by atoms with E-state index in [0.717, 1.165) is 41.7 Å². The van der Waals surface area contributed by atoms with E-state index in [4.69, 9.17) is 16.0 Å². The van der Waals surface area contributed by atoms with Crippen LogP contribution < -0.4 is 10.2 Å². The van der Waals surface area contributed by atoms with E-state index < -0.39 is 0 Å². The van der Waals surface area contributed by atoms with Gasteiger partial charge in [0, 0.05) is 41.3 Å². The Morgan fingerprint density at radius 2 is 1.79 bits per heavy atom. The van der Waals surface area contributed by atoms with Gasteiger partial charge in [0.2, 0.25) is 11.7 Å². The average molecular weight is 580 g/mol. The molecular weight excluding hydrogens is 550 g/mol. The summed E-state index contributed by atoms with van der Waals surface area (Å²) < 4.78 is 7.62. The van der Waals surface area contributed by atoms with Crippen LogP contribution in [0.25, 0.3) is 22.4 Å². The number of aryl methyl sites for hydroxylation is 1. The number of rotatable bonds is 6. The van der Waals surface area contributed by atoms with E-state index in [1.54, 1.807) is 29.8 Å². The minimum atomic E-state index is -0.199. The first-order chi connectivity index (χ1) is 20.5. The van der Waals surface area contributed by atoms with Gasteiger partial charge < -0.3 is 24.1 Å². The van der Waals surface area contributed by atoms with Gasteiger partial charge in [0.1, 0.15) is 11.5 Å². The van der Waals surface area contributed by atoms with E-state index in [2.05, 4.69) is 33.4 Å². The minimum Gasteiger partial charge on any atom is -0.441 e. The summed E-state index contributed by atoms with van der Waals surface area (Å²) in [4.78, 5) is 36.1. The van der Waals surface area contributed by atoms with E-state index in [0.29, 0.717) is 41.4 Å². The fourth-order valence-electron chi connectivity index (χ4n) is 6.16. The predicted octanol–water partition coefficient (Wildman–Crippen LogP) is 6.64. The molecule has 7 rings (SSSR count). The summed E-state index contributed by atoms with van der Waals surface area (Å²) in [7, 11) is 0. The second kappa shape index (κ2) is 10.7. The smallest absolute Gasteiger partial charge is 0.256 e. The van der Waals surface area contributed by atoms with E-state index >= 15 is 0 Å². The van der Waals surface area contributed by atoms with Crippen molar-refractivity contribution in [2.45, 2.75) is 32.4 Å². The SMILES string of the molecule is Cc1oc(-c2ccccc2)nc1C(=O)Cn1cc(C(=O)N2CCC(N3CNc4ccccc43)CC2)c2ccc(Cl)cc21. The lowest BCUT2D eigenvalue weighted by molar-refractivity contribution is 0.0714. The first-order valence-corrected chi connectivity index (χ1v) is 14.6. The van der Waals surface area contributed by atoms with Crippen LogP contribution in [0, 0.1) is 6.92 Å². The Hall–Kier alpha value is -4.56. The first kappa shape index (κ1) is 26.3. The van der Waals surface area contributed by atoms with Crippen LogP contribution in [0.1, 0.15) is 39.4 Å². The number of carbonyl (C=O) groups excluding carboxylic acids is 2. The molecule has 0 spiro atoms. The van der Waals surface area contributed by atoms with Crippen LogP contribution in [0.4, 0.5) is 11.4 Å². The maximum atomic E-state index is 13.8. The molecule has 1 amide bonds. The number of likely N-dealkylation sites (tertiary alicyclic amines) is 1. The van der Waals surface area contributed by atoms with Gasteiger partial charge in [0.15, 0.2) is 0 Å². The third-order valence-electron chi connectivity index (χ3n) is 8.32. The summed E-state index contributed by atoms with van der Waals surface area (Å²) in [5, 5.41) is 4.79. The van der Waals surface area contributed by atoms with E-state index in [9.17, 15) is 9.59 Å². The number of carbonyl (C=O) groups is 2. The Balaban J connectivity index is 1.11. The zero-order valence-electron chi connectivity index (χ0n) is 23.2. The number of aromatic nitrogens is 2. The largest absolute Gasteiger partial charge is 0.441 e. The van der Waals surface area contributed by atoms with Gasteiger partial charge in [-0.2, -0.15) is 0 Å². The molecule has 0 unspecified atom stereocenters. The molecule has 1 fully saturated rings. The molecule has 4 heterocycles. The lowest BCUT2D eigenvalue weighted by atomic mass is 10.0. The van der Waals surface area contributed by atoms with Gasteiger partial charge in [-0.1, -0.05) is 48.0 Å². The third kappa shape index (κ3) is 4.71. The summed E-state index contributed by atoms with van der Waals surface area (Å²) in [5.41, 5.74) is 4.78. The number of hydrogen-bond donors (Lipinski definition) is 1. The number of benzene rings is 3. The maximum Gasteiger partial charge on any atom is 0.256 e. The van der Waals surface area contributed by atoms with Crippen LogP contribution >= 0.6 is 11.6 Å². The number of halogens is 1. The summed E-state index contributed by atoms with van der Waals surface area (Å²) in [5.74, 6) is 0.637. The Kier molecular flexibility index (Phi) is 6.70. The first-order valence-electron chi connectivity index (χ1n) is 14.2. The fourth-order valence-corrected chi connectivity index (χ4v) is 6.33. The number of amides is 1. The summed E-state index contributed by atoms with van der Waals surface area (Å²) in [6, 6.07) is 23.7. The van der Waals surface area contributed by atoms with Gasteiger partial charge in [-0.15, -0.1) is 0 Å². The molecule has 3 aromatic carbocycles. The van der Waals surface area contributed by atoms with Gasteiger partial charge in [-0.05, 0) is 56.2 Å². The van der Waals surface area contributed by atoms with Crippen molar-refractivity contribution in [2.24, 2.45) is 0 Å². The molecule has 0 atom stereocenters. The summed E-state index contributed by atoms with van der Waals surface area (Å²) >= 11 is 6.36. The Bertz CT molecular complexity index is 1800. The topological polar surface area (TPSA) is 83.6 Å². The number of Topliss-reactive ketones (excluding diaryl/α,β-unsaturated/α-hetero) is 1. The van der Waals surface area contributed by atoms with Gasteiger partial charge in [-0.25, -0.2) is 4.98 Å². The second-order valence-corrected chi connectivity index (χ2v) is 11.3. The lowest BCUT2D eigenvalue weighted by Gasteiger charge is -2.37. The molecule has 2 aliphatic heterocycles. The van der Waals surface area contributed by atoms with Crippen LogP contribution in [0.15, 0.2) is 83.4 Å². The Morgan fingerprint density at radius 1 is 1.02 bits per heavy atom. The van der Waals surface area contributed by atoms with Crippen molar-refractivity contribution in [1.82, 2.24) is 14.5 Å². The molecule has 0 bridgehead atoms. The normalized spacial score (nSPS) is 15.2. The molecule has 5 aromatic rings. The van der Waals surface area contributed by atoms with Crippen LogP contribution in [-0.4, -0.2) is 51.9 Å². The highest BCUT2D eigenvalue weighted by atomic mass is 35.5. The second-order valence-electron chi connectivity index (χ2n) is 10.9. The summed E-state index contributed by atoms with van der Waals surface area (Å²) in [6.45, 7) is 3.88. The number of nitrogens with one attached hydrogen (secondary N) is 1. The van der Waals surface area contributed by atoms with Crippen molar-refractivity contribution in [3.8, 4) is 11.5 Å². The van der Waals surface area contributed by atoms with Crippen molar-refractivity contribution in [2.75, 3.05) is 30.0 Å². The average Bonchev–Trinajstić information content (AvgIpc) is 3.72. The molecule has 1 saturated heterocycles. The van der Waals surface area contributed by atoms with Crippen molar-refractivity contribution >= 4 is 45.6 Å². The van der Waals surface area contributed by atoms with Crippen molar-refractivity contribution in [1.29, 1.82) is 0 Å². The number of fused-ring (bicyclic) bond motifs is 2. The zero-order valence-corrected chi connectivity index (χ0v) is 24.0. The predicted molar refractivity (Wildman–Crippen MR) is 164 cm³/mol. The van der Waals surface area contributed by atoms with Crippen molar-refractivity contribution in [3.05, 3.63) is 101 Å². The van der Waals surface area contributed by atoms with Crippen LogP contribution in [0.5, 0.6) is 0 Å². The van der Waals surface area contributed by atoms with Crippen LogP contribution in [0.2, 0.25) is 5.02 Å². The van der Waals surface area contributed by atoms with E-state index in [1.807, 2.05) is 47.4 Å². The Labute approximate surface area is 248 Å².